The van der Waals surface area contributed by atoms with Crippen molar-refractivity contribution in [2.45, 2.75) is 24.9 Å². The number of piperidine rings is 1. The van der Waals surface area contributed by atoms with E-state index in [-0.39, 0.29) is 24.8 Å². The molecule has 1 aromatic heterocycles. The van der Waals surface area contributed by atoms with Crippen LogP contribution in [0.1, 0.15) is 19.3 Å². The third-order valence-corrected chi connectivity index (χ3v) is 5.40. The minimum atomic E-state index is -1.37. The van der Waals surface area contributed by atoms with Crippen LogP contribution < -0.4 is 10.2 Å². The summed E-state index contributed by atoms with van der Waals surface area (Å²) in [6.07, 6.45) is 7.37. The molecule has 2 aliphatic heterocycles. The molecular formula is C18H29Cl2N5O3. The number of rotatable bonds is 7. The zero-order valence-electron chi connectivity index (χ0n) is 15.8. The number of pyridine rings is 1. The van der Waals surface area contributed by atoms with Crippen LogP contribution in [0.2, 0.25) is 0 Å². The van der Waals surface area contributed by atoms with Gasteiger partial charge in [-0.15, -0.1) is 24.8 Å². The molecule has 2 aliphatic rings. The Hall–Kier alpha value is -1.61. The molecule has 2 N–H and O–H groups in total. The molecule has 0 aromatic carbocycles. The Balaban J connectivity index is 0.00000196. The quantitative estimate of drug-likeness (QED) is 0.621. The number of carbonyl (C=O) groups excluding carboxylic acids is 1. The average molecular weight is 434 g/mol. The van der Waals surface area contributed by atoms with Gasteiger partial charge >= 0.3 is 5.97 Å². The van der Waals surface area contributed by atoms with Gasteiger partial charge in [0, 0.05) is 50.8 Å². The summed E-state index contributed by atoms with van der Waals surface area (Å²) in [6.45, 7) is 4.64. The lowest BCUT2D eigenvalue weighted by atomic mass is 10.0. The molecule has 0 aliphatic carbocycles. The molecule has 3 rings (SSSR count). The summed E-state index contributed by atoms with van der Waals surface area (Å²) in [6, 6.07) is 3.91. The van der Waals surface area contributed by atoms with Crippen LogP contribution in [0.3, 0.4) is 0 Å². The Bertz CT molecular complexity index is 610. The molecule has 3 heterocycles. The number of carboxylic acids is 1. The van der Waals surface area contributed by atoms with Gasteiger partial charge in [0.15, 0.2) is 0 Å². The summed E-state index contributed by atoms with van der Waals surface area (Å²) < 4.78 is 0. The summed E-state index contributed by atoms with van der Waals surface area (Å²) in [5.41, 5.74) is -0.288. The van der Waals surface area contributed by atoms with Crippen LogP contribution in [-0.4, -0.2) is 83.7 Å². The fraction of sp³-hybridized carbons (Fsp3) is 0.611. The molecule has 2 fully saturated rings. The highest BCUT2D eigenvalue weighted by Gasteiger charge is 2.46. The van der Waals surface area contributed by atoms with Crippen LogP contribution in [0, 0.1) is 0 Å². The van der Waals surface area contributed by atoms with Gasteiger partial charge < -0.3 is 15.3 Å². The zero-order valence-corrected chi connectivity index (χ0v) is 17.5. The van der Waals surface area contributed by atoms with Crippen LogP contribution in [0.25, 0.3) is 0 Å². The second-order valence-corrected chi connectivity index (χ2v) is 6.94. The highest BCUT2D eigenvalue weighted by Crippen LogP contribution is 2.22. The molecule has 158 valence electrons. The monoisotopic (exact) mass is 433 g/mol. The van der Waals surface area contributed by atoms with E-state index < -0.39 is 11.6 Å². The molecule has 10 heteroatoms. The van der Waals surface area contributed by atoms with E-state index in [0.29, 0.717) is 39.1 Å². The normalized spacial score (nSPS) is 20.2. The summed E-state index contributed by atoms with van der Waals surface area (Å²) >= 11 is 0. The molecule has 2 saturated heterocycles. The number of aliphatic carboxylic acids is 1. The number of nitrogens with zero attached hydrogens (tertiary/aromatic N) is 4. The highest BCUT2D eigenvalue weighted by molar-refractivity contribution is 5.85. The third-order valence-electron chi connectivity index (χ3n) is 5.40. The van der Waals surface area contributed by atoms with Gasteiger partial charge in [0.2, 0.25) is 12.1 Å². The topological polar surface area (TPSA) is 89.0 Å². The van der Waals surface area contributed by atoms with Crippen molar-refractivity contribution in [2.24, 2.45) is 0 Å². The number of hydrogen-bond acceptors (Lipinski definition) is 6. The smallest absolute Gasteiger partial charge is 0.346 e. The maximum absolute atomic E-state index is 12.2. The molecule has 1 atom stereocenters. The van der Waals surface area contributed by atoms with Gasteiger partial charge in [0.25, 0.3) is 0 Å². The molecule has 0 bridgehead atoms. The number of nitrogens with one attached hydrogen (secondary N) is 1. The number of carboxylic acid groups (broad SMARTS) is 1. The van der Waals surface area contributed by atoms with Crippen molar-refractivity contribution in [1.82, 2.24) is 20.1 Å². The lowest BCUT2D eigenvalue weighted by molar-refractivity contribution is -0.158. The molecular weight excluding hydrogens is 405 g/mol. The van der Waals surface area contributed by atoms with E-state index in [4.69, 9.17) is 0 Å². The van der Waals surface area contributed by atoms with Gasteiger partial charge in [-0.2, -0.15) is 0 Å². The van der Waals surface area contributed by atoms with E-state index in [1.807, 2.05) is 17.0 Å². The molecule has 28 heavy (non-hydrogen) atoms. The van der Waals surface area contributed by atoms with E-state index in [1.165, 1.54) is 6.42 Å². The van der Waals surface area contributed by atoms with Crippen molar-refractivity contribution in [3.63, 3.8) is 0 Å². The van der Waals surface area contributed by atoms with Gasteiger partial charge in [0.05, 0.1) is 0 Å². The number of halogens is 2. The largest absolute Gasteiger partial charge is 0.478 e. The Morgan fingerprint density at radius 3 is 2.21 bits per heavy atom. The van der Waals surface area contributed by atoms with Crippen LogP contribution in [0.4, 0.5) is 5.69 Å². The van der Waals surface area contributed by atoms with E-state index in [2.05, 4.69) is 20.1 Å². The van der Waals surface area contributed by atoms with Gasteiger partial charge in [-0.25, -0.2) is 4.79 Å². The minimum Gasteiger partial charge on any atom is -0.478 e. The van der Waals surface area contributed by atoms with Crippen molar-refractivity contribution in [2.75, 3.05) is 50.7 Å². The van der Waals surface area contributed by atoms with Crippen LogP contribution >= 0.6 is 24.8 Å². The van der Waals surface area contributed by atoms with Gasteiger partial charge in [-0.05, 0) is 38.1 Å². The highest BCUT2D eigenvalue weighted by atomic mass is 35.5. The number of carbonyl (C=O) groups is 2. The molecule has 0 saturated carbocycles. The second kappa shape index (κ2) is 11.4. The summed E-state index contributed by atoms with van der Waals surface area (Å²) in [5, 5.41) is 12.7. The third kappa shape index (κ3) is 5.47. The maximum atomic E-state index is 12.2. The van der Waals surface area contributed by atoms with Crippen LogP contribution in [0.15, 0.2) is 24.5 Å². The van der Waals surface area contributed by atoms with Crippen molar-refractivity contribution < 1.29 is 14.7 Å². The predicted molar refractivity (Wildman–Crippen MR) is 112 cm³/mol. The van der Waals surface area contributed by atoms with E-state index in [0.717, 1.165) is 31.6 Å². The Morgan fingerprint density at radius 1 is 1.07 bits per heavy atom. The number of hydrogen-bond donors (Lipinski definition) is 2. The fourth-order valence-corrected chi connectivity index (χ4v) is 3.94. The standard InChI is InChI=1S/C18H27N5O3.2ClH/c24-15-20-18(17(25)26,14-21-8-2-1-3-9-21)23-12-10-22(11-13-23)16-4-6-19-7-5-16;;/h4-7,15H,1-3,8-14H2,(H,20,24)(H,25,26);2*1H. The van der Waals surface area contributed by atoms with E-state index in [1.54, 1.807) is 12.4 Å². The van der Waals surface area contributed by atoms with Crippen molar-refractivity contribution in [3.05, 3.63) is 24.5 Å². The van der Waals surface area contributed by atoms with Gasteiger partial charge in [-0.1, -0.05) is 6.42 Å². The number of piperazine rings is 1. The van der Waals surface area contributed by atoms with E-state index in [9.17, 15) is 14.7 Å². The molecule has 1 unspecified atom stereocenters. The Labute approximate surface area is 178 Å². The van der Waals surface area contributed by atoms with E-state index >= 15 is 0 Å². The molecule has 1 aromatic rings. The lowest BCUT2D eigenvalue weighted by Crippen LogP contribution is -2.71. The van der Waals surface area contributed by atoms with Crippen molar-refractivity contribution in [1.29, 1.82) is 0 Å². The first-order chi connectivity index (χ1) is 12.7. The first-order valence-corrected chi connectivity index (χ1v) is 9.23. The summed E-state index contributed by atoms with van der Waals surface area (Å²) in [4.78, 5) is 33.8. The number of amides is 1. The van der Waals surface area contributed by atoms with Gasteiger partial charge in [0.1, 0.15) is 0 Å². The SMILES string of the molecule is Cl.Cl.O=CNC(CN1CCCCC1)(C(=O)O)N1CCN(c2ccncc2)CC1. The molecule has 0 radical (unpaired) electrons. The van der Waals surface area contributed by atoms with Crippen molar-refractivity contribution in [3.8, 4) is 0 Å². The summed E-state index contributed by atoms with van der Waals surface area (Å²) in [5.74, 6) is -0.993. The lowest BCUT2D eigenvalue weighted by Gasteiger charge is -2.47. The summed E-state index contributed by atoms with van der Waals surface area (Å²) in [7, 11) is 0. The molecule has 1 amide bonds. The minimum absolute atomic E-state index is 0. The van der Waals surface area contributed by atoms with Gasteiger partial charge in [-0.3, -0.25) is 19.6 Å². The number of aromatic nitrogens is 1. The second-order valence-electron chi connectivity index (χ2n) is 6.94. The first-order valence-electron chi connectivity index (χ1n) is 9.23. The van der Waals surface area contributed by atoms with Crippen LogP contribution in [0.5, 0.6) is 0 Å². The fourth-order valence-electron chi connectivity index (χ4n) is 3.94. The zero-order chi connectivity index (χ0) is 18.4. The maximum Gasteiger partial charge on any atom is 0.346 e. The number of anilines is 1. The Kier molecular flexibility index (Phi) is 9.95. The predicted octanol–water partition coefficient (Wildman–Crippen LogP) is 1.06. The Morgan fingerprint density at radius 2 is 1.68 bits per heavy atom. The number of likely N-dealkylation sites (tertiary alicyclic amines) is 1. The average Bonchev–Trinajstić information content (AvgIpc) is 2.69. The molecule has 0 spiro atoms. The molecule has 8 nitrogen and oxygen atoms in total. The first kappa shape index (κ1) is 24.4. The van der Waals surface area contributed by atoms with Crippen molar-refractivity contribution >= 4 is 42.9 Å². The van der Waals surface area contributed by atoms with Crippen LogP contribution in [-0.2, 0) is 9.59 Å².